The van der Waals surface area contributed by atoms with E-state index >= 15 is 0 Å². The Morgan fingerprint density at radius 3 is 2.54 bits per heavy atom. The van der Waals surface area contributed by atoms with E-state index in [1.165, 1.54) is 23.5 Å². The topological polar surface area (TPSA) is 49.3 Å². The van der Waals surface area contributed by atoms with E-state index in [0.29, 0.717) is 4.88 Å². The lowest BCUT2D eigenvalue weighted by Gasteiger charge is -2.13. The molecule has 1 amide bonds. The Balaban J connectivity index is 1.71. The van der Waals surface area contributed by atoms with E-state index in [9.17, 15) is 14.3 Å². The van der Waals surface area contributed by atoms with E-state index in [1.807, 2.05) is 41.8 Å². The molecule has 1 aromatic heterocycles. The highest BCUT2D eigenvalue weighted by molar-refractivity contribution is 7.12. The lowest BCUT2D eigenvalue weighted by Crippen LogP contribution is -2.28. The summed E-state index contributed by atoms with van der Waals surface area (Å²) in [5, 5.41) is 14.6. The van der Waals surface area contributed by atoms with Gasteiger partial charge >= 0.3 is 0 Å². The molecule has 3 rings (SSSR count). The molecule has 0 radical (unpaired) electrons. The molecule has 3 nitrogen and oxygen atoms in total. The van der Waals surface area contributed by atoms with Gasteiger partial charge in [0.25, 0.3) is 5.91 Å². The van der Waals surface area contributed by atoms with Crippen LogP contribution in [0.5, 0.6) is 0 Å². The number of thiophene rings is 1. The van der Waals surface area contributed by atoms with Gasteiger partial charge in [0.1, 0.15) is 5.82 Å². The van der Waals surface area contributed by atoms with Crippen LogP contribution in [0.15, 0.2) is 66.0 Å². The van der Waals surface area contributed by atoms with Gasteiger partial charge in [-0.3, -0.25) is 4.79 Å². The molecular weight excluding hydrogens is 325 g/mol. The number of aliphatic hydroxyl groups is 1. The number of carbonyl (C=O) groups is 1. The molecule has 122 valence electrons. The van der Waals surface area contributed by atoms with Crippen LogP contribution in [-0.2, 0) is 0 Å². The Hall–Kier alpha value is -2.50. The molecule has 0 saturated carbocycles. The number of nitrogens with one attached hydrogen (secondary N) is 1. The van der Waals surface area contributed by atoms with E-state index in [1.54, 1.807) is 12.1 Å². The minimum Gasteiger partial charge on any atom is -0.386 e. The summed E-state index contributed by atoms with van der Waals surface area (Å²) in [6.45, 7) is -0.0497. The number of aliphatic hydroxyl groups excluding tert-OH is 1. The first-order chi connectivity index (χ1) is 11.7. The monoisotopic (exact) mass is 341 g/mol. The van der Waals surface area contributed by atoms with Crippen molar-refractivity contribution in [3.8, 4) is 11.1 Å². The summed E-state index contributed by atoms with van der Waals surface area (Å²) in [7, 11) is 0. The Kier molecular flexibility index (Phi) is 5.03. The lowest BCUT2D eigenvalue weighted by molar-refractivity contribution is 0.0918. The van der Waals surface area contributed by atoms with Crippen molar-refractivity contribution in [1.82, 2.24) is 5.32 Å². The van der Waals surface area contributed by atoms with Crippen molar-refractivity contribution in [2.75, 3.05) is 6.54 Å². The summed E-state index contributed by atoms with van der Waals surface area (Å²) in [6.07, 6.45) is -1.09. The molecule has 0 aliphatic carbocycles. The fourth-order valence-corrected chi connectivity index (χ4v) is 3.29. The van der Waals surface area contributed by atoms with Crippen LogP contribution in [0.2, 0.25) is 0 Å². The number of rotatable bonds is 5. The van der Waals surface area contributed by atoms with Gasteiger partial charge in [-0.2, -0.15) is 0 Å². The van der Waals surface area contributed by atoms with E-state index < -0.39 is 11.9 Å². The number of benzene rings is 2. The molecular formula is C19H16FNO2S. The third kappa shape index (κ3) is 3.53. The van der Waals surface area contributed by atoms with Crippen molar-refractivity contribution < 1.29 is 14.3 Å². The predicted molar refractivity (Wildman–Crippen MR) is 93.4 cm³/mol. The van der Waals surface area contributed by atoms with Crippen molar-refractivity contribution >= 4 is 17.2 Å². The largest absolute Gasteiger partial charge is 0.386 e. The highest BCUT2D eigenvalue weighted by Crippen LogP contribution is 2.28. The van der Waals surface area contributed by atoms with Gasteiger partial charge in [0.15, 0.2) is 0 Å². The first kappa shape index (κ1) is 16.4. The minimum absolute atomic E-state index is 0.0497. The fourth-order valence-electron chi connectivity index (χ4n) is 2.46. The molecule has 0 bridgehead atoms. The van der Waals surface area contributed by atoms with E-state index in [-0.39, 0.29) is 18.0 Å². The van der Waals surface area contributed by atoms with E-state index in [4.69, 9.17) is 0 Å². The van der Waals surface area contributed by atoms with Gasteiger partial charge in [-0.05, 0) is 23.1 Å². The minimum atomic E-state index is -1.09. The van der Waals surface area contributed by atoms with Crippen LogP contribution in [0.1, 0.15) is 21.3 Å². The molecule has 1 unspecified atom stereocenters. The van der Waals surface area contributed by atoms with E-state index in [2.05, 4.69) is 5.32 Å². The molecule has 1 atom stereocenters. The summed E-state index contributed by atoms with van der Waals surface area (Å²) in [5.74, 6) is -0.764. The van der Waals surface area contributed by atoms with Crippen molar-refractivity contribution in [3.05, 3.63) is 82.3 Å². The standard InChI is InChI=1S/C19H16FNO2S/c20-16-9-5-4-8-15(16)17(22)12-21-19(23)18-14(10-11-24-18)13-6-2-1-3-7-13/h1-11,17,22H,12H2,(H,21,23). The van der Waals surface area contributed by atoms with Crippen LogP contribution in [0.3, 0.4) is 0 Å². The zero-order valence-electron chi connectivity index (χ0n) is 12.8. The summed E-state index contributed by atoms with van der Waals surface area (Å²) < 4.78 is 13.7. The van der Waals surface area contributed by atoms with Crippen molar-refractivity contribution in [1.29, 1.82) is 0 Å². The first-order valence-corrected chi connectivity index (χ1v) is 8.38. The van der Waals surface area contributed by atoms with Crippen LogP contribution in [-0.4, -0.2) is 17.6 Å². The summed E-state index contributed by atoms with van der Waals surface area (Å²) in [5.41, 5.74) is 1.98. The summed E-state index contributed by atoms with van der Waals surface area (Å²) in [4.78, 5) is 13.0. The summed E-state index contributed by atoms with van der Waals surface area (Å²) >= 11 is 1.34. The van der Waals surface area contributed by atoms with Crippen molar-refractivity contribution in [3.63, 3.8) is 0 Å². The quantitative estimate of drug-likeness (QED) is 0.736. The van der Waals surface area contributed by atoms with Gasteiger partial charge in [-0.15, -0.1) is 11.3 Å². The van der Waals surface area contributed by atoms with Gasteiger partial charge in [0, 0.05) is 17.7 Å². The average molecular weight is 341 g/mol. The van der Waals surface area contributed by atoms with Crippen molar-refractivity contribution in [2.45, 2.75) is 6.10 Å². The zero-order chi connectivity index (χ0) is 16.9. The fraction of sp³-hybridized carbons (Fsp3) is 0.105. The van der Waals surface area contributed by atoms with Gasteiger partial charge in [0.05, 0.1) is 11.0 Å². The molecule has 2 aromatic carbocycles. The average Bonchev–Trinajstić information content (AvgIpc) is 3.10. The smallest absolute Gasteiger partial charge is 0.262 e. The maximum Gasteiger partial charge on any atom is 0.262 e. The van der Waals surface area contributed by atoms with Gasteiger partial charge in [-0.25, -0.2) is 4.39 Å². The van der Waals surface area contributed by atoms with Crippen molar-refractivity contribution in [2.24, 2.45) is 0 Å². The molecule has 24 heavy (non-hydrogen) atoms. The highest BCUT2D eigenvalue weighted by atomic mass is 32.1. The number of amides is 1. The predicted octanol–water partition coefficient (Wildman–Crippen LogP) is 4.02. The third-order valence-electron chi connectivity index (χ3n) is 3.68. The normalized spacial score (nSPS) is 11.9. The Labute approximate surface area is 143 Å². The first-order valence-electron chi connectivity index (χ1n) is 7.50. The number of carbonyl (C=O) groups excluding carboxylic acids is 1. The van der Waals surface area contributed by atoms with Gasteiger partial charge < -0.3 is 10.4 Å². The second-order valence-corrected chi connectivity index (χ2v) is 6.19. The molecule has 0 aliphatic rings. The number of hydrogen-bond donors (Lipinski definition) is 2. The van der Waals surface area contributed by atoms with Gasteiger partial charge in [-0.1, -0.05) is 48.5 Å². The maximum atomic E-state index is 13.7. The molecule has 2 N–H and O–H groups in total. The molecule has 0 fully saturated rings. The Morgan fingerprint density at radius 2 is 1.79 bits per heavy atom. The Morgan fingerprint density at radius 1 is 1.08 bits per heavy atom. The molecule has 3 aromatic rings. The zero-order valence-corrected chi connectivity index (χ0v) is 13.6. The molecule has 0 aliphatic heterocycles. The van der Waals surface area contributed by atoms with Crippen LogP contribution in [0.4, 0.5) is 4.39 Å². The van der Waals surface area contributed by atoms with E-state index in [0.717, 1.165) is 11.1 Å². The molecule has 0 spiro atoms. The van der Waals surface area contributed by atoms with Crippen LogP contribution < -0.4 is 5.32 Å². The Bertz CT molecular complexity index is 832. The molecule has 0 saturated heterocycles. The molecule has 1 heterocycles. The second kappa shape index (κ2) is 7.38. The summed E-state index contributed by atoms with van der Waals surface area (Å²) in [6, 6.07) is 17.5. The van der Waals surface area contributed by atoms with Crippen LogP contribution in [0.25, 0.3) is 11.1 Å². The SMILES string of the molecule is O=C(NCC(O)c1ccccc1F)c1sccc1-c1ccccc1. The van der Waals surface area contributed by atoms with Gasteiger partial charge in [0.2, 0.25) is 0 Å². The highest BCUT2D eigenvalue weighted by Gasteiger charge is 2.17. The molecule has 5 heteroatoms. The van der Waals surface area contributed by atoms with Crippen LogP contribution in [0, 0.1) is 5.82 Å². The number of hydrogen-bond acceptors (Lipinski definition) is 3. The third-order valence-corrected chi connectivity index (χ3v) is 4.59. The lowest BCUT2D eigenvalue weighted by atomic mass is 10.1. The number of halogens is 1. The second-order valence-electron chi connectivity index (χ2n) is 5.28. The maximum absolute atomic E-state index is 13.7. The van der Waals surface area contributed by atoms with Crippen LogP contribution >= 0.6 is 11.3 Å².